The van der Waals surface area contributed by atoms with E-state index in [2.05, 4.69) is 10.2 Å². The lowest BCUT2D eigenvalue weighted by Crippen LogP contribution is -2.29. The Labute approximate surface area is 189 Å². The Hall–Kier alpha value is -3.64. The van der Waals surface area contributed by atoms with E-state index in [0.29, 0.717) is 28.5 Å². The van der Waals surface area contributed by atoms with Crippen molar-refractivity contribution in [3.63, 3.8) is 0 Å². The third-order valence-corrected chi connectivity index (χ3v) is 5.91. The molecule has 2 heterocycles. The van der Waals surface area contributed by atoms with Crippen LogP contribution >= 0.6 is 11.6 Å². The molecule has 0 fully saturated rings. The maximum Gasteiger partial charge on any atom is 0.273 e. The lowest BCUT2D eigenvalue weighted by atomic mass is 9.96. The number of carbonyl (C=O) groups is 1. The molecule has 0 spiro atoms. The van der Waals surface area contributed by atoms with Gasteiger partial charge in [0.2, 0.25) is 0 Å². The van der Waals surface area contributed by atoms with Crippen molar-refractivity contribution in [2.24, 2.45) is 0 Å². The Kier molecular flexibility index (Phi) is 5.15. The van der Waals surface area contributed by atoms with Gasteiger partial charge in [-0.15, -0.1) is 0 Å². The minimum atomic E-state index is -0.486. The molecule has 1 atom stereocenters. The molecule has 1 aromatic heterocycles. The first kappa shape index (κ1) is 20.3. The van der Waals surface area contributed by atoms with Gasteiger partial charge < -0.3 is 9.64 Å². The fourth-order valence-corrected chi connectivity index (χ4v) is 4.26. The first-order chi connectivity index (χ1) is 15.5. The molecule has 1 aliphatic rings. The van der Waals surface area contributed by atoms with Crippen LogP contribution in [0.2, 0.25) is 5.02 Å². The highest BCUT2D eigenvalue weighted by Gasteiger charge is 2.42. The zero-order chi connectivity index (χ0) is 22.2. The Morgan fingerprint density at radius 2 is 1.84 bits per heavy atom. The number of fused-ring (bicyclic) bond motifs is 1. The summed E-state index contributed by atoms with van der Waals surface area (Å²) in [6.07, 6.45) is 0. The van der Waals surface area contributed by atoms with Crippen LogP contribution in [0.1, 0.15) is 33.2 Å². The van der Waals surface area contributed by atoms with E-state index < -0.39 is 6.04 Å². The van der Waals surface area contributed by atoms with E-state index in [4.69, 9.17) is 16.3 Å². The van der Waals surface area contributed by atoms with Crippen molar-refractivity contribution >= 4 is 17.5 Å². The first-order valence-corrected chi connectivity index (χ1v) is 10.5. The van der Waals surface area contributed by atoms with Gasteiger partial charge in [-0.25, -0.2) is 4.39 Å². The molecule has 1 unspecified atom stereocenters. The van der Waals surface area contributed by atoms with Crippen molar-refractivity contribution in [3.8, 4) is 17.0 Å². The summed E-state index contributed by atoms with van der Waals surface area (Å²) in [5, 5.41) is 7.95. The highest BCUT2D eigenvalue weighted by Crippen LogP contribution is 2.43. The van der Waals surface area contributed by atoms with Crippen molar-refractivity contribution in [1.82, 2.24) is 15.1 Å². The van der Waals surface area contributed by atoms with E-state index in [1.165, 1.54) is 12.1 Å². The first-order valence-electron chi connectivity index (χ1n) is 10.1. The van der Waals surface area contributed by atoms with Gasteiger partial charge in [0, 0.05) is 22.7 Å². The monoisotopic (exact) mass is 447 g/mol. The SMILES string of the molecule is COc1ccc(CN2C(=O)c3[nH]nc(-c4ccc(Cl)cc4)c3C2c2cccc(F)c2)cc1. The maximum absolute atomic E-state index is 14.2. The molecule has 160 valence electrons. The Morgan fingerprint density at radius 1 is 1.09 bits per heavy atom. The van der Waals surface area contributed by atoms with Gasteiger partial charge in [0.1, 0.15) is 17.3 Å². The van der Waals surface area contributed by atoms with Gasteiger partial charge in [-0.1, -0.05) is 48.0 Å². The summed E-state index contributed by atoms with van der Waals surface area (Å²) in [4.78, 5) is 15.1. The molecule has 0 radical (unpaired) electrons. The number of rotatable bonds is 5. The summed E-state index contributed by atoms with van der Waals surface area (Å²) in [6.45, 7) is 0.354. The third-order valence-electron chi connectivity index (χ3n) is 5.66. The molecule has 1 aliphatic heterocycles. The molecule has 7 heteroatoms. The fourth-order valence-electron chi connectivity index (χ4n) is 4.14. The fraction of sp³-hybridized carbons (Fsp3) is 0.120. The van der Waals surface area contributed by atoms with Crippen LogP contribution in [-0.2, 0) is 6.54 Å². The predicted octanol–water partition coefficient (Wildman–Crippen LogP) is 5.62. The van der Waals surface area contributed by atoms with Crippen molar-refractivity contribution in [2.75, 3.05) is 7.11 Å². The summed E-state index contributed by atoms with van der Waals surface area (Å²) >= 11 is 6.05. The van der Waals surface area contributed by atoms with Crippen LogP contribution in [0.25, 0.3) is 11.3 Å². The average molecular weight is 448 g/mol. The lowest BCUT2D eigenvalue weighted by Gasteiger charge is -2.26. The van der Waals surface area contributed by atoms with Gasteiger partial charge in [-0.3, -0.25) is 9.89 Å². The van der Waals surface area contributed by atoms with E-state index in [9.17, 15) is 9.18 Å². The summed E-state index contributed by atoms with van der Waals surface area (Å²) in [6, 6.07) is 20.7. The number of H-pyrrole nitrogens is 1. The number of carbonyl (C=O) groups excluding carboxylic acids is 1. The minimum Gasteiger partial charge on any atom is -0.497 e. The Balaban J connectivity index is 1.61. The molecule has 5 nitrogen and oxygen atoms in total. The standard InChI is InChI=1S/C25H19ClFN3O2/c1-32-20-11-5-15(6-12-20)14-30-24(17-3-2-4-19(27)13-17)21-22(28-29-23(21)25(30)31)16-7-9-18(26)10-8-16/h2-13,24H,14H2,1H3,(H,28,29). The predicted molar refractivity (Wildman–Crippen MR) is 120 cm³/mol. The number of aromatic amines is 1. The number of hydrogen-bond acceptors (Lipinski definition) is 3. The molecule has 0 aliphatic carbocycles. The van der Waals surface area contributed by atoms with Crippen LogP contribution in [0.15, 0.2) is 72.8 Å². The molecule has 1 amide bonds. The minimum absolute atomic E-state index is 0.183. The number of nitrogens with zero attached hydrogens (tertiary/aromatic N) is 2. The number of halogens is 2. The molecule has 3 aromatic carbocycles. The van der Waals surface area contributed by atoms with Gasteiger partial charge in [-0.2, -0.15) is 5.10 Å². The van der Waals surface area contributed by atoms with Crippen molar-refractivity contribution < 1.29 is 13.9 Å². The van der Waals surface area contributed by atoms with Gasteiger partial charge >= 0.3 is 0 Å². The van der Waals surface area contributed by atoms with Crippen molar-refractivity contribution in [2.45, 2.75) is 12.6 Å². The molecule has 0 bridgehead atoms. The highest BCUT2D eigenvalue weighted by atomic mass is 35.5. The Bertz CT molecular complexity index is 1290. The topological polar surface area (TPSA) is 58.2 Å². The Morgan fingerprint density at radius 3 is 2.53 bits per heavy atom. The van der Waals surface area contributed by atoms with Gasteiger partial charge in [0.25, 0.3) is 5.91 Å². The van der Waals surface area contributed by atoms with Gasteiger partial charge in [-0.05, 0) is 47.5 Å². The molecule has 32 heavy (non-hydrogen) atoms. The van der Waals surface area contributed by atoms with Gasteiger partial charge in [0.05, 0.1) is 18.8 Å². The second kappa shape index (κ2) is 8.13. The number of aromatic nitrogens is 2. The van der Waals surface area contributed by atoms with E-state index in [-0.39, 0.29) is 11.7 Å². The van der Waals surface area contributed by atoms with Gasteiger partial charge in [0.15, 0.2) is 0 Å². The van der Waals surface area contributed by atoms with Crippen LogP contribution in [0.3, 0.4) is 0 Å². The van der Waals surface area contributed by atoms with E-state index in [1.807, 2.05) is 42.5 Å². The normalized spacial score (nSPS) is 15.2. The van der Waals surface area contributed by atoms with Crippen LogP contribution in [0, 0.1) is 5.82 Å². The number of ether oxygens (including phenoxy) is 1. The maximum atomic E-state index is 14.2. The number of methoxy groups -OCH3 is 1. The number of hydrogen-bond donors (Lipinski definition) is 1. The summed E-state index contributed by atoms with van der Waals surface area (Å²) in [5.74, 6) is 0.199. The second-order valence-corrected chi connectivity index (χ2v) is 8.04. The molecular formula is C25H19ClFN3O2. The largest absolute Gasteiger partial charge is 0.497 e. The molecular weight excluding hydrogens is 429 g/mol. The molecule has 0 saturated heterocycles. The number of amides is 1. The molecule has 0 saturated carbocycles. The van der Waals surface area contributed by atoms with Crippen molar-refractivity contribution in [1.29, 1.82) is 0 Å². The van der Waals surface area contributed by atoms with Crippen LogP contribution in [-0.4, -0.2) is 28.1 Å². The zero-order valence-electron chi connectivity index (χ0n) is 17.2. The second-order valence-electron chi connectivity index (χ2n) is 7.61. The third kappa shape index (κ3) is 3.52. The lowest BCUT2D eigenvalue weighted by molar-refractivity contribution is 0.0730. The van der Waals surface area contributed by atoms with Crippen LogP contribution in [0.4, 0.5) is 4.39 Å². The molecule has 4 aromatic rings. The van der Waals surface area contributed by atoms with E-state index in [1.54, 1.807) is 30.2 Å². The number of nitrogens with one attached hydrogen (secondary N) is 1. The zero-order valence-corrected chi connectivity index (χ0v) is 17.9. The average Bonchev–Trinajstić information content (AvgIpc) is 3.34. The van der Waals surface area contributed by atoms with E-state index in [0.717, 1.165) is 22.4 Å². The summed E-state index contributed by atoms with van der Waals surface area (Å²) in [7, 11) is 1.61. The van der Waals surface area contributed by atoms with Crippen LogP contribution < -0.4 is 4.74 Å². The quantitative estimate of drug-likeness (QED) is 0.431. The summed E-state index contributed by atoms with van der Waals surface area (Å²) in [5.41, 5.74) is 4.24. The van der Waals surface area contributed by atoms with E-state index >= 15 is 0 Å². The summed E-state index contributed by atoms with van der Waals surface area (Å²) < 4.78 is 19.4. The number of benzene rings is 3. The van der Waals surface area contributed by atoms with Crippen LogP contribution in [0.5, 0.6) is 5.75 Å². The molecule has 1 N–H and O–H groups in total. The van der Waals surface area contributed by atoms with Crippen molar-refractivity contribution in [3.05, 3.63) is 106 Å². The molecule has 5 rings (SSSR count). The highest BCUT2D eigenvalue weighted by molar-refractivity contribution is 6.30. The smallest absolute Gasteiger partial charge is 0.273 e.